The Hall–Kier alpha value is -0.630. The van der Waals surface area contributed by atoms with Crippen LogP contribution in [0.25, 0.3) is 0 Å². The van der Waals surface area contributed by atoms with Crippen molar-refractivity contribution in [3.8, 4) is 6.07 Å². The first-order valence-corrected chi connectivity index (χ1v) is 3.52. The van der Waals surface area contributed by atoms with Gasteiger partial charge in [0.15, 0.2) is 0 Å². The van der Waals surface area contributed by atoms with E-state index in [-0.39, 0.29) is 6.10 Å². The van der Waals surface area contributed by atoms with Crippen LogP contribution in [0.15, 0.2) is 0 Å². The van der Waals surface area contributed by atoms with Crippen molar-refractivity contribution >= 4 is 0 Å². The maximum atomic E-state index is 9.30. The van der Waals surface area contributed by atoms with Crippen LogP contribution >= 0.6 is 0 Å². The molecule has 0 aromatic heterocycles. The lowest BCUT2D eigenvalue weighted by atomic mass is 9.99. The van der Waals surface area contributed by atoms with Gasteiger partial charge < -0.3 is 14.9 Å². The Bertz CT molecular complexity index is 189. The molecular formula is C7H11NO3. The Labute approximate surface area is 65.0 Å². The molecule has 4 nitrogen and oxygen atoms in total. The van der Waals surface area contributed by atoms with Crippen LogP contribution in [0, 0.1) is 11.3 Å². The molecular weight excluding hydrogens is 146 g/mol. The van der Waals surface area contributed by atoms with Gasteiger partial charge in [0.25, 0.3) is 0 Å². The van der Waals surface area contributed by atoms with Crippen molar-refractivity contribution in [1.82, 2.24) is 0 Å². The van der Waals surface area contributed by atoms with E-state index in [0.29, 0.717) is 6.42 Å². The lowest BCUT2D eigenvalue weighted by molar-refractivity contribution is -0.0685. The molecule has 0 bridgehead atoms. The quantitative estimate of drug-likeness (QED) is 0.533. The fraction of sp³-hybridized carbons (Fsp3) is 0.857. The van der Waals surface area contributed by atoms with Crippen molar-refractivity contribution in [2.24, 2.45) is 0 Å². The number of rotatable bonds is 1. The third kappa shape index (κ3) is 1.23. The molecule has 11 heavy (non-hydrogen) atoms. The van der Waals surface area contributed by atoms with Gasteiger partial charge in [0.05, 0.1) is 12.7 Å². The maximum Gasteiger partial charge on any atom is 0.203 e. The van der Waals surface area contributed by atoms with Crippen LogP contribution in [0.2, 0.25) is 0 Å². The van der Waals surface area contributed by atoms with Gasteiger partial charge in [-0.15, -0.1) is 0 Å². The summed E-state index contributed by atoms with van der Waals surface area (Å²) in [7, 11) is 0. The Morgan fingerprint density at radius 3 is 2.64 bits per heavy atom. The standard InChI is InChI=1S/C7H11NO3/c1-5-2-6(10)7(3-8,4-9)11-5/h5-6,9-10H,2,4H2,1H3/t5-,6+,7+/m0/s1. The molecule has 0 aromatic carbocycles. The molecule has 0 aromatic rings. The summed E-state index contributed by atoms with van der Waals surface area (Å²) in [6, 6.07) is 1.79. The van der Waals surface area contributed by atoms with Crippen molar-refractivity contribution in [2.45, 2.75) is 31.2 Å². The molecule has 1 saturated heterocycles. The van der Waals surface area contributed by atoms with Gasteiger partial charge in [-0.25, -0.2) is 0 Å². The van der Waals surface area contributed by atoms with E-state index in [1.165, 1.54) is 0 Å². The van der Waals surface area contributed by atoms with Crippen LogP contribution in [0.1, 0.15) is 13.3 Å². The predicted molar refractivity (Wildman–Crippen MR) is 36.6 cm³/mol. The van der Waals surface area contributed by atoms with Crippen molar-refractivity contribution in [3.63, 3.8) is 0 Å². The molecule has 4 heteroatoms. The van der Waals surface area contributed by atoms with Crippen LogP contribution < -0.4 is 0 Å². The van der Waals surface area contributed by atoms with Crippen LogP contribution in [0.5, 0.6) is 0 Å². The van der Waals surface area contributed by atoms with E-state index in [1.807, 2.05) is 0 Å². The molecule has 1 rings (SSSR count). The number of nitrogens with zero attached hydrogens (tertiary/aromatic N) is 1. The molecule has 0 amide bonds. The van der Waals surface area contributed by atoms with Crippen LogP contribution in [0.3, 0.4) is 0 Å². The second-order valence-corrected chi connectivity index (χ2v) is 2.84. The smallest absolute Gasteiger partial charge is 0.203 e. The summed E-state index contributed by atoms with van der Waals surface area (Å²) in [5.74, 6) is 0. The minimum atomic E-state index is -1.38. The average Bonchev–Trinajstić information content (AvgIpc) is 2.27. The number of nitriles is 1. The summed E-state index contributed by atoms with van der Waals surface area (Å²) in [6.07, 6.45) is -0.613. The maximum absolute atomic E-state index is 9.30. The lowest BCUT2D eigenvalue weighted by Crippen LogP contribution is -2.41. The van der Waals surface area contributed by atoms with Gasteiger partial charge in [0.1, 0.15) is 12.2 Å². The molecule has 3 atom stereocenters. The molecule has 1 heterocycles. The molecule has 62 valence electrons. The van der Waals surface area contributed by atoms with Gasteiger partial charge in [0, 0.05) is 6.42 Å². The van der Waals surface area contributed by atoms with Crippen LogP contribution in [-0.4, -0.2) is 34.6 Å². The molecule has 0 aliphatic carbocycles. The number of hydrogen-bond acceptors (Lipinski definition) is 4. The third-order valence-electron chi connectivity index (χ3n) is 1.93. The molecule has 1 aliphatic heterocycles. The first kappa shape index (κ1) is 8.47. The molecule has 1 fully saturated rings. The normalized spacial score (nSPS) is 43.8. The van der Waals surface area contributed by atoms with E-state index in [1.54, 1.807) is 13.0 Å². The molecule has 0 radical (unpaired) electrons. The second kappa shape index (κ2) is 2.78. The number of hydrogen-bond donors (Lipinski definition) is 2. The van der Waals surface area contributed by atoms with Gasteiger partial charge in [-0.1, -0.05) is 0 Å². The number of aliphatic hydroxyl groups is 2. The van der Waals surface area contributed by atoms with E-state index in [9.17, 15) is 5.11 Å². The van der Waals surface area contributed by atoms with E-state index >= 15 is 0 Å². The Kier molecular flexibility index (Phi) is 2.14. The largest absolute Gasteiger partial charge is 0.392 e. The van der Waals surface area contributed by atoms with Gasteiger partial charge in [-0.3, -0.25) is 0 Å². The highest BCUT2D eigenvalue weighted by Crippen LogP contribution is 2.29. The predicted octanol–water partition coefficient (Wildman–Crippen LogP) is -0.589. The van der Waals surface area contributed by atoms with Gasteiger partial charge in [-0.2, -0.15) is 5.26 Å². The third-order valence-corrected chi connectivity index (χ3v) is 1.93. The van der Waals surface area contributed by atoms with E-state index < -0.39 is 18.3 Å². The van der Waals surface area contributed by atoms with Crippen molar-refractivity contribution in [3.05, 3.63) is 0 Å². The molecule has 0 spiro atoms. The van der Waals surface area contributed by atoms with Crippen molar-refractivity contribution < 1.29 is 14.9 Å². The SMILES string of the molecule is C[C@H]1C[C@@H](O)[C@@](C#N)(CO)O1. The zero-order chi connectivity index (χ0) is 8.48. The fourth-order valence-corrected chi connectivity index (χ4v) is 1.27. The van der Waals surface area contributed by atoms with Crippen LogP contribution in [-0.2, 0) is 4.74 Å². The molecule has 0 unspecified atom stereocenters. The van der Waals surface area contributed by atoms with E-state index in [4.69, 9.17) is 15.1 Å². The Balaban J connectivity index is 2.78. The van der Waals surface area contributed by atoms with E-state index in [2.05, 4.69) is 0 Å². The summed E-state index contributed by atoms with van der Waals surface area (Å²) < 4.78 is 5.10. The molecule has 2 N–H and O–H groups in total. The van der Waals surface area contributed by atoms with Crippen molar-refractivity contribution in [1.29, 1.82) is 5.26 Å². The fourth-order valence-electron chi connectivity index (χ4n) is 1.27. The summed E-state index contributed by atoms with van der Waals surface area (Å²) in [6.45, 7) is 1.31. The zero-order valence-electron chi connectivity index (χ0n) is 6.32. The summed E-state index contributed by atoms with van der Waals surface area (Å²) in [5, 5.41) is 26.7. The molecule has 1 aliphatic rings. The number of ether oxygens (including phenoxy) is 1. The number of aliphatic hydroxyl groups excluding tert-OH is 2. The second-order valence-electron chi connectivity index (χ2n) is 2.84. The zero-order valence-corrected chi connectivity index (χ0v) is 6.32. The summed E-state index contributed by atoms with van der Waals surface area (Å²) in [5.41, 5.74) is -1.38. The summed E-state index contributed by atoms with van der Waals surface area (Å²) in [4.78, 5) is 0. The van der Waals surface area contributed by atoms with Gasteiger partial charge in [-0.05, 0) is 6.92 Å². The lowest BCUT2D eigenvalue weighted by Gasteiger charge is -2.20. The highest BCUT2D eigenvalue weighted by molar-refractivity contribution is 5.10. The first-order chi connectivity index (χ1) is 5.14. The minimum absolute atomic E-state index is 0.156. The van der Waals surface area contributed by atoms with Crippen LogP contribution in [0.4, 0.5) is 0 Å². The Morgan fingerprint density at radius 1 is 1.82 bits per heavy atom. The topological polar surface area (TPSA) is 73.5 Å². The highest BCUT2D eigenvalue weighted by Gasteiger charge is 2.46. The van der Waals surface area contributed by atoms with Gasteiger partial charge >= 0.3 is 0 Å². The highest BCUT2D eigenvalue weighted by atomic mass is 16.5. The summed E-state index contributed by atoms with van der Waals surface area (Å²) >= 11 is 0. The first-order valence-electron chi connectivity index (χ1n) is 3.52. The Morgan fingerprint density at radius 2 is 2.45 bits per heavy atom. The minimum Gasteiger partial charge on any atom is -0.392 e. The average molecular weight is 157 g/mol. The van der Waals surface area contributed by atoms with Crippen molar-refractivity contribution in [2.75, 3.05) is 6.61 Å². The van der Waals surface area contributed by atoms with Gasteiger partial charge in [0.2, 0.25) is 5.60 Å². The molecule has 0 saturated carbocycles. The monoisotopic (exact) mass is 157 g/mol. The van der Waals surface area contributed by atoms with E-state index in [0.717, 1.165) is 0 Å².